The van der Waals surface area contributed by atoms with E-state index in [4.69, 9.17) is 5.73 Å². The predicted octanol–water partition coefficient (Wildman–Crippen LogP) is 3.46. The fraction of sp³-hybridized carbons (Fsp3) is 0.0769. The maximum absolute atomic E-state index is 13.1. The third kappa shape index (κ3) is 2.31. The number of benzene rings is 2. The van der Waals surface area contributed by atoms with Crippen molar-refractivity contribution >= 4 is 17.1 Å². The van der Waals surface area contributed by atoms with Crippen LogP contribution in [0.25, 0.3) is 0 Å². The van der Waals surface area contributed by atoms with Gasteiger partial charge in [0.05, 0.1) is 0 Å². The zero-order chi connectivity index (χ0) is 11.5. The summed E-state index contributed by atoms with van der Waals surface area (Å²) < 4.78 is 13.1. The normalized spacial score (nSPS) is 10.1. The maximum atomic E-state index is 13.1. The van der Waals surface area contributed by atoms with Gasteiger partial charge in [0.2, 0.25) is 0 Å². The first-order valence-electron chi connectivity index (χ1n) is 5.04. The first-order chi connectivity index (χ1) is 7.65. The summed E-state index contributed by atoms with van der Waals surface area (Å²) in [4.78, 5) is 0. The van der Waals surface area contributed by atoms with Crippen LogP contribution in [0.5, 0.6) is 0 Å². The van der Waals surface area contributed by atoms with E-state index in [1.54, 1.807) is 18.2 Å². The molecule has 2 aromatic rings. The fourth-order valence-corrected chi connectivity index (χ4v) is 1.45. The molecule has 2 rings (SSSR count). The second kappa shape index (κ2) is 4.23. The van der Waals surface area contributed by atoms with Crippen molar-refractivity contribution in [1.29, 1.82) is 0 Å². The molecule has 0 radical (unpaired) electrons. The van der Waals surface area contributed by atoms with E-state index < -0.39 is 0 Å². The smallest absolute Gasteiger partial charge is 0.125 e. The summed E-state index contributed by atoms with van der Waals surface area (Å²) in [5.41, 5.74) is 8.95. The second-order valence-electron chi connectivity index (χ2n) is 3.71. The lowest BCUT2D eigenvalue weighted by Crippen LogP contribution is -1.94. The molecule has 0 saturated heterocycles. The van der Waals surface area contributed by atoms with Crippen molar-refractivity contribution in [2.75, 3.05) is 11.1 Å². The number of aryl methyl sites for hydroxylation is 1. The Morgan fingerprint density at radius 3 is 2.44 bits per heavy atom. The summed E-state index contributed by atoms with van der Waals surface area (Å²) in [6.45, 7) is 1.93. The average Bonchev–Trinajstić information content (AvgIpc) is 2.27. The molecule has 0 atom stereocenters. The zero-order valence-corrected chi connectivity index (χ0v) is 9.00. The van der Waals surface area contributed by atoms with E-state index in [1.807, 2.05) is 19.1 Å². The largest absolute Gasteiger partial charge is 0.399 e. The van der Waals surface area contributed by atoms with Gasteiger partial charge in [-0.05, 0) is 48.9 Å². The molecule has 0 unspecified atom stereocenters. The van der Waals surface area contributed by atoms with Gasteiger partial charge in [-0.1, -0.05) is 6.07 Å². The van der Waals surface area contributed by atoms with E-state index in [9.17, 15) is 4.39 Å². The molecule has 0 fully saturated rings. The molecule has 0 aliphatic rings. The SMILES string of the molecule is Cc1ccc(F)cc1Nc1ccc(N)cc1. The van der Waals surface area contributed by atoms with E-state index in [2.05, 4.69) is 5.32 Å². The van der Waals surface area contributed by atoms with Crippen molar-refractivity contribution < 1.29 is 4.39 Å². The number of halogens is 1. The van der Waals surface area contributed by atoms with Gasteiger partial charge in [0.1, 0.15) is 5.82 Å². The molecule has 0 heterocycles. The van der Waals surface area contributed by atoms with E-state index in [0.717, 1.165) is 16.9 Å². The van der Waals surface area contributed by atoms with Gasteiger partial charge < -0.3 is 11.1 Å². The van der Waals surface area contributed by atoms with Crippen LogP contribution >= 0.6 is 0 Å². The maximum Gasteiger partial charge on any atom is 0.125 e. The molecule has 16 heavy (non-hydrogen) atoms. The predicted molar refractivity (Wildman–Crippen MR) is 65.3 cm³/mol. The van der Waals surface area contributed by atoms with Gasteiger partial charge in [0, 0.05) is 17.1 Å². The van der Waals surface area contributed by atoms with Crippen LogP contribution in [0.3, 0.4) is 0 Å². The van der Waals surface area contributed by atoms with Crippen LogP contribution in [0, 0.1) is 12.7 Å². The lowest BCUT2D eigenvalue weighted by Gasteiger charge is -2.09. The van der Waals surface area contributed by atoms with Crippen molar-refractivity contribution in [2.24, 2.45) is 0 Å². The number of anilines is 3. The molecule has 0 aromatic heterocycles. The summed E-state index contributed by atoms with van der Waals surface area (Å²) in [6.07, 6.45) is 0. The Labute approximate surface area is 93.9 Å². The molecule has 0 bridgehead atoms. The highest BCUT2D eigenvalue weighted by Gasteiger charge is 2.00. The number of rotatable bonds is 2. The van der Waals surface area contributed by atoms with Gasteiger partial charge in [-0.25, -0.2) is 4.39 Å². The topological polar surface area (TPSA) is 38.0 Å². The summed E-state index contributed by atoms with van der Waals surface area (Å²) in [6, 6.07) is 12.0. The highest BCUT2D eigenvalue weighted by molar-refractivity contribution is 5.64. The van der Waals surface area contributed by atoms with Crippen LogP contribution in [0.15, 0.2) is 42.5 Å². The van der Waals surface area contributed by atoms with Crippen molar-refractivity contribution in [3.63, 3.8) is 0 Å². The minimum Gasteiger partial charge on any atom is -0.399 e. The van der Waals surface area contributed by atoms with E-state index >= 15 is 0 Å². The number of hydrogen-bond acceptors (Lipinski definition) is 2. The number of nitrogens with one attached hydrogen (secondary N) is 1. The van der Waals surface area contributed by atoms with E-state index in [0.29, 0.717) is 5.69 Å². The molecular formula is C13H13FN2. The van der Waals surface area contributed by atoms with E-state index in [1.165, 1.54) is 12.1 Å². The summed E-state index contributed by atoms with van der Waals surface area (Å²) in [7, 11) is 0. The first kappa shape index (κ1) is 10.5. The second-order valence-corrected chi connectivity index (χ2v) is 3.71. The third-order valence-electron chi connectivity index (χ3n) is 2.39. The Bertz CT molecular complexity index is 492. The highest BCUT2D eigenvalue weighted by atomic mass is 19.1. The lowest BCUT2D eigenvalue weighted by atomic mass is 10.2. The standard InChI is InChI=1S/C13H13FN2/c1-9-2-3-10(14)8-13(9)16-12-6-4-11(15)5-7-12/h2-8,16H,15H2,1H3. The lowest BCUT2D eigenvalue weighted by molar-refractivity contribution is 0.628. The van der Waals surface area contributed by atoms with Crippen LogP contribution < -0.4 is 11.1 Å². The molecule has 2 aromatic carbocycles. The summed E-state index contributed by atoms with van der Waals surface area (Å²) >= 11 is 0. The molecule has 0 saturated carbocycles. The Morgan fingerprint density at radius 2 is 1.75 bits per heavy atom. The van der Waals surface area contributed by atoms with Gasteiger partial charge in [-0.15, -0.1) is 0 Å². The van der Waals surface area contributed by atoms with Gasteiger partial charge in [-0.3, -0.25) is 0 Å². The van der Waals surface area contributed by atoms with Crippen molar-refractivity contribution in [3.8, 4) is 0 Å². The van der Waals surface area contributed by atoms with Crippen LogP contribution in [0.4, 0.5) is 21.5 Å². The number of nitrogen functional groups attached to an aromatic ring is 1. The summed E-state index contributed by atoms with van der Waals surface area (Å²) in [5.74, 6) is -0.247. The monoisotopic (exact) mass is 216 g/mol. The Morgan fingerprint density at radius 1 is 1.06 bits per heavy atom. The summed E-state index contributed by atoms with van der Waals surface area (Å²) in [5, 5.41) is 3.14. The van der Waals surface area contributed by atoms with Gasteiger partial charge >= 0.3 is 0 Å². The number of hydrogen-bond donors (Lipinski definition) is 2. The van der Waals surface area contributed by atoms with Crippen molar-refractivity contribution in [3.05, 3.63) is 53.8 Å². The molecule has 82 valence electrons. The Balaban J connectivity index is 2.26. The molecule has 0 amide bonds. The molecular weight excluding hydrogens is 203 g/mol. The third-order valence-corrected chi connectivity index (χ3v) is 2.39. The Hall–Kier alpha value is -2.03. The van der Waals surface area contributed by atoms with Crippen LogP contribution in [0.2, 0.25) is 0 Å². The zero-order valence-electron chi connectivity index (χ0n) is 9.00. The highest BCUT2D eigenvalue weighted by Crippen LogP contribution is 2.21. The average molecular weight is 216 g/mol. The first-order valence-corrected chi connectivity index (χ1v) is 5.04. The molecule has 0 aliphatic carbocycles. The minimum absolute atomic E-state index is 0.247. The Kier molecular flexibility index (Phi) is 2.77. The fourth-order valence-electron chi connectivity index (χ4n) is 1.45. The van der Waals surface area contributed by atoms with Gasteiger partial charge in [0.25, 0.3) is 0 Å². The van der Waals surface area contributed by atoms with E-state index in [-0.39, 0.29) is 5.82 Å². The molecule has 0 aliphatic heterocycles. The van der Waals surface area contributed by atoms with Gasteiger partial charge in [-0.2, -0.15) is 0 Å². The van der Waals surface area contributed by atoms with Crippen LogP contribution in [0.1, 0.15) is 5.56 Å². The van der Waals surface area contributed by atoms with Gasteiger partial charge in [0.15, 0.2) is 0 Å². The van der Waals surface area contributed by atoms with Crippen molar-refractivity contribution in [2.45, 2.75) is 6.92 Å². The number of nitrogens with two attached hydrogens (primary N) is 1. The minimum atomic E-state index is -0.247. The quantitative estimate of drug-likeness (QED) is 0.754. The van der Waals surface area contributed by atoms with Crippen LogP contribution in [-0.2, 0) is 0 Å². The van der Waals surface area contributed by atoms with Crippen molar-refractivity contribution in [1.82, 2.24) is 0 Å². The molecule has 0 spiro atoms. The van der Waals surface area contributed by atoms with Crippen LogP contribution in [-0.4, -0.2) is 0 Å². The molecule has 3 N–H and O–H groups in total. The molecule has 3 heteroatoms. The molecule has 2 nitrogen and oxygen atoms in total.